The first kappa shape index (κ1) is 33.0. The molecular weight excluding hydrogens is 617 g/mol. The molecule has 2 aromatic rings. The summed E-state index contributed by atoms with van der Waals surface area (Å²) in [4.78, 5) is 31.1. The molecule has 4 atom stereocenters. The van der Waals surface area contributed by atoms with Crippen LogP contribution in [-0.4, -0.2) is 50.5 Å². The number of phenolic OH excluding ortho intramolecular Hbond substituents is 1. The maximum absolute atomic E-state index is 13.5. The monoisotopic (exact) mass is 662 g/mol. The highest BCUT2D eigenvalue weighted by molar-refractivity contribution is 8.77. The van der Waals surface area contributed by atoms with Gasteiger partial charge >= 0.3 is 0 Å². The Balaban J connectivity index is 1.48. The van der Waals surface area contributed by atoms with Crippen LogP contribution in [0.2, 0.25) is 0 Å². The Morgan fingerprint density at radius 2 is 1.98 bits per heavy atom. The summed E-state index contributed by atoms with van der Waals surface area (Å²) in [7, 11) is 5.34. The molecule has 246 valence electrons. The molecule has 4 N–H and O–H groups in total. The summed E-state index contributed by atoms with van der Waals surface area (Å²) in [6, 6.07) is 3.58. The van der Waals surface area contributed by atoms with Crippen LogP contribution in [0.25, 0.3) is 6.08 Å². The zero-order chi connectivity index (χ0) is 32.3. The minimum atomic E-state index is -0.351. The summed E-state index contributed by atoms with van der Waals surface area (Å²) >= 11 is 0. The number of hydrogen-bond donors (Lipinski definition) is 3. The second-order valence-corrected chi connectivity index (χ2v) is 15.7. The van der Waals surface area contributed by atoms with Gasteiger partial charge in [-0.25, -0.2) is 4.98 Å². The van der Waals surface area contributed by atoms with Crippen LogP contribution in [0.1, 0.15) is 94.6 Å². The zero-order valence-electron chi connectivity index (χ0n) is 26.9. The molecule has 1 aromatic carbocycles. The van der Waals surface area contributed by atoms with E-state index in [1.165, 1.54) is 13.5 Å². The molecule has 0 spiro atoms. The topological polar surface area (TPSA) is 119 Å². The fourth-order valence-corrected chi connectivity index (χ4v) is 11.4. The van der Waals surface area contributed by atoms with Gasteiger partial charge in [0.25, 0.3) is 0 Å². The summed E-state index contributed by atoms with van der Waals surface area (Å²) < 4.78 is 7.80. The van der Waals surface area contributed by atoms with Crippen LogP contribution in [0.5, 0.6) is 11.5 Å². The summed E-state index contributed by atoms with van der Waals surface area (Å²) in [6.45, 7) is 2.19. The molecular formula is C36H46N4O4S2. The molecule has 2 aliphatic carbocycles. The summed E-state index contributed by atoms with van der Waals surface area (Å²) in [5.41, 5.74) is 11.4. The highest BCUT2D eigenvalue weighted by atomic mass is 33.1. The Hall–Kier alpha value is -2.95. The smallest absolute Gasteiger partial charge is 0.166 e. The van der Waals surface area contributed by atoms with Gasteiger partial charge in [-0.15, -0.1) is 0 Å². The number of ether oxygens (including phenoxy) is 1. The lowest BCUT2D eigenvalue weighted by Crippen LogP contribution is -2.51. The van der Waals surface area contributed by atoms with Gasteiger partial charge in [0, 0.05) is 36.7 Å². The molecule has 0 radical (unpaired) electrons. The number of aromatic nitrogens is 2. The Morgan fingerprint density at radius 1 is 1.15 bits per heavy atom. The number of fused-ring (bicyclic) bond motifs is 7. The third kappa shape index (κ3) is 6.71. The molecule has 6 rings (SSSR count). The normalized spacial score (nSPS) is 27.3. The van der Waals surface area contributed by atoms with E-state index in [-0.39, 0.29) is 46.6 Å². The van der Waals surface area contributed by atoms with E-state index in [4.69, 9.17) is 10.5 Å². The third-order valence-electron chi connectivity index (χ3n) is 10.4. The van der Waals surface area contributed by atoms with Crippen molar-refractivity contribution < 1.29 is 19.4 Å². The van der Waals surface area contributed by atoms with E-state index in [0.29, 0.717) is 36.5 Å². The third-order valence-corrected chi connectivity index (χ3v) is 13.5. The van der Waals surface area contributed by atoms with Crippen molar-refractivity contribution in [2.75, 3.05) is 12.9 Å². The van der Waals surface area contributed by atoms with Crippen LogP contribution in [0.4, 0.5) is 0 Å². The standard InChI is InChI=1S/C36H46N4O4S2/c1-3-23-7-9-27(41)18-31(42)24-8-10-28(29-19-32(43)33(44-2)17-25(29)15-24)26-16-30(35(37)39-20-26)34(46-45-21-23)36(11-5-4-6-12-36)40-14-13-38-22-40/h13-17,19-20,22-23,28,34-35,39,43H,3-12,18,21,37H2,1-2H3. The van der Waals surface area contributed by atoms with Crippen LogP contribution >= 0.6 is 21.6 Å². The number of dihydropyridines is 1. The lowest BCUT2D eigenvalue weighted by Gasteiger charge is -2.46. The van der Waals surface area contributed by atoms with Crippen molar-refractivity contribution >= 4 is 39.2 Å². The van der Waals surface area contributed by atoms with Crippen molar-refractivity contribution in [3.05, 3.63) is 71.0 Å². The first-order valence-corrected chi connectivity index (χ1v) is 19.1. The van der Waals surface area contributed by atoms with Gasteiger partial charge in [-0.2, -0.15) is 0 Å². The molecule has 4 unspecified atom stereocenters. The van der Waals surface area contributed by atoms with E-state index in [9.17, 15) is 14.7 Å². The SMILES string of the molecule is CCC1CCC(=O)CC(=O)C2=Cc3cc(OC)c(O)cc3C(CC2)C2=CNC(N)C(=C2)C(C2(n3ccnc3)CCCCC2)SSC1. The molecule has 1 saturated carbocycles. The molecule has 3 heterocycles. The van der Waals surface area contributed by atoms with Gasteiger partial charge in [0.1, 0.15) is 5.78 Å². The van der Waals surface area contributed by atoms with Crippen molar-refractivity contribution in [2.24, 2.45) is 11.7 Å². The Labute approximate surface area is 280 Å². The average molecular weight is 663 g/mol. The summed E-state index contributed by atoms with van der Waals surface area (Å²) in [5.74, 6) is 1.53. The van der Waals surface area contributed by atoms with Gasteiger partial charge in [-0.1, -0.05) is 60.3 Å². The van der Waals surface area contributed by atoms with Gasteiger partial charge in [0.15, 0.2) is 17.3 Å². The van der Waals surface area contributed by atoms with Crippen molar-refractivity contribution in [3.63, 3.8) is 0 Å². The maximum atomic E-state index is 13.5. The molecule has 46 heavy (non-hydrogen) atoms. The van der Waals surface area contributed by atoms with Crippen molar-refractivity contribution in [1.29, 1.82) is 0 Å². The zero-order valence-corrected chi connectivity index (χ0v) is 28.5. The predicted molar refractivity (Wildman–Crippen MR) is 187 cm³/mol. The molecule has 10 heteroatoms. The van der Waals surface area contributed by atoms with E-state index in [2.05, 4.69) is 34.1 Å². The number of phenols is 1. The fourth-order valence-electron chi connectivity index (χ4n) is 7.67. The first-order valence-electron chi connectivity index (χ1n) is 16.7. The summed E-state index contributed by atoms with van der Waals surface area (Å²) in [5, 5.41) is 14.5. The highest BCUT2D eigenvalue weighted by Gasteiger charge is 2.45. The van der Waals surface area contributed by atoms with Crippen LogP contribution in [0.3, 0.4) is 0 Å². The molecule has 0 saturated heterocycles. The Morgan fingerprint density at radius 3 is 2.72 bits per heavy atom. The lowest BCUT2D eigenvalue weighted by atomic mass is 9.74. The first-order chi connectivity index (χ1) is 22.3. The number of carbonyl (C=O) groups is 2. The largest absolute Gasteiger partial charge is 0.504 e. The number of imidazole rings is 1. The average Bonchev–Trinajstić information content (AvgIpc) is 3.55. The van der Waals surface area contributed by atoms with Crippen LogP contribution in [0, 0.1) is 5.92 Å². The highest BCUT2D eigenvalue weighted by Crippen LogP contribution is 2.51. The summed E-state index contributed by atoms with van der Waals surface area (Å²) in [6.07, 6.45) is 20.8. The minimum Gasteiger partial charge on any atom is -0.504 e. The number of nitrogens with zero attached hydrogens (tertiary/aromatic N) is 2. The van der Waals surface area contributed by atoms with Crippen LogP contribution < -0.4 is 15.8 Å². The van der Waals surface area contributed by atoms with E-state index in [1.54, 1.807) is 12.1 Å². The van der Waals surface area contributed by atoms with Crippen LogP contribution in [-0.2, 0) is 15.1 Å². The number of ketones is 2. The number of nitrogens with two attached hydrogens (primary N) is 1. The Bertz CT molecular complexity index is 1530. The quantitative estimate of drug-likeness (QED) is 0.235. The molecule has 2 aliphatic heterocycles. The van der Waals surface area contributed by atoms with Gasteiger partial charge in [-0.05, 0) is 84.1 Å². The maximum Gasteiger partial charge on any atom is 0.166 e. The number of benzene rings is 1. The van der Waals surface area contributed by atoms with E-state index in [0.717, 1.165) is 66.6 Å². The number of carbonyl (C=O) groups excluding carboxylic acids is 2. The van der Waals surface area contributed by atoms with Crippen LogP contribution in [0.15, 0.2) is 59.8 Å². The van der Waals surface area contributed by atoms with E-state index >= 15 is 0 Å². The molecule has 4 aliphatic rings. The van der Waals surface area contributed by atoms with E-state index in [1.807, 2.05) is 46.4 Å². The van der Waals surface area contributed by atoms with Gasteiger partial charge < -0.3 is 25.5 Å². The van der Waals surface area contributed by atoms with Crippen molar-refractivity contribution in [3.8, 4) is 11.5 Å². The predicted octanol–water partition coefficient (Wildman–Crippen LogP) is 7.01. The number of methoxy groups -OCH3 is 1. The minimum absolute atomic E-state index is 0.00685. The number of rotatable bonds is 4. The van der Waals surface area contributed by atoms with E-state index < -0.39 is 0 Å². The number of Topliss-reactive ketones (excluding diaryl/α,β-unsaturated/α-hetero) is 2. The molecule has 4 bridgehead atoms. The molecule has 1 fully saturated rings. The van der Waals surface area contributed by atoms with Gasteiger partial charge in [-0.3, -0.25) is 9.59 Å². The number of aromatic hydroxyl groups is 1. The Kier molecular flexibility index (Phi) is 10.3. The number of nitrogens with one attached hydrogen (secondary N) is 1. The number of hydrogen-bond acceptors (Lipinski definition) is 9. The fraction of sp³-hybridized carbons (Fsp3) is 0.528. The second kappa shape index (κ2) is 14.4. The molecule has 0 amide bonds. The second-order valence-electron chi connectivity index (χ2n) is 13.2. The van der Waals surface area contributed by atoms with Crippen molar-refractivity contribution in [1.82, 2.24) is 14.9 Å². The molecule has 1 aromatic heterocycles. The number of allylic oxidation sites excluding steroid dienone is 3. The lowest BCUT2D eigenvalue weighted by molar-refractivity contribution is -0.125. The van der Waals surface area contributed by atoms with Gasteiger partial charge in [0.2, 0.25) is 0 Å². The van der Waals surface area contributed by atoms with Crippen molar-refractivity contribution in [2.45, 2.75) is 100 Å². The molecule has 8 nitrogen and oxygen atoms in total. The van der Waals surface area contributed by atoms with Gasteiger partial charge in [0.05, 0.1) is 36.8 Å².